The molecule has 0 aromatic heterocycles. The van der Waals surface area contributed by atoms with Crippen molar-refractivity contribution in [1.29, 1.82) is 0 Å². The van der Waals surface area contributed by atoms with Crippen LogP contribution < -0.4 is 5.32 Å². The molecule has 5 atom stereocenters. The standard InChI is InChI=1S/C11H16ClFN2O5/c1-2-19-10-8(12)9(17)14-11(18)15(10)7-3-5(13)6(4-16)20-7/h5-8,10,16H,2-4H2,1H3,(H,14,17,18)/t5-,6+,7+,8?,10+/m0/s1. The van der Waals surface area contributed by atoms with E-state index in [4.69, 9.17) is 26.2 Å². The van der Waals surface area contributed by atoms with Crippen LogP contribution in [0, 0.1) is 0 Å². The molecule has 2 fully saturated rings. The van der Waals surface area contributed by atoms with E-state index in [0.29, 0.717) is 0 Å². The molecule has 1 unspecified atom stereocenters. The molecule has 7 nitrogen and oxygen atoms in total. The van der Waals surface area contributed by atoms with Gasteiger partial charge in [0.15, 0.2) is 11.6 Å². The zero-order chi connectivity index (χ0) is 14.9. The minimum atomic E-state index is -1.40. The normalized spacial score (nSPS) is 38.2. The van der Waals surface area contributed by atoms with Gasteiger partial charge in [0, 0.05) is 13.0 Å². The van der Waals surface area contributed by atoms with Crippen LogP contribution in [0.2, 0.25) is 0 Å². The molecule has 9 heteroatoms. The molecule has 2 aliphatic rings. The van der Waals surface area contributed by atoms with Gasteiger partial charge in [-0.1, -0.05) is 0 Å². The highest BCUT2D eigenvalue weighted by atomic mass is 35.5. The Kier molecular flexibility index (Phi) is 4.79. The molecule has 0 saturated carbocycles. The summed E-state index contributed by atoms with van der Waals surface area (Å²) < 4.78 is 24.2. The molecule has 0 aromatic rings. The SMILES string of the molecule is CCO[C@@H]1C(Cl)C(=O)NC(=O)N1[C@H]1C[C@H](F)[C@@H](CO)O1. The first-order valence-electron chi connectivity index (χ1n) is 6.28. The maximum atomic E-state index is 13.6. The maximum absolute atomic E-state index is 13.6. The zero-order valence-electron chi connectivity index (χ0n) is 10.8. The molecule has 0 aliphatic carbocycles. The van der Waals surface area contributed by atoms with Crippen molar-refractivity contribution in [1.82, 2.24) is 10.2 Å². The van der Waals surface area contributed by atoms with Crippen LogP contribution in [-0.2, 0) is 14.3 Å². The minimum Gasteiger partial charge on any atom is -0.394 e. The highest BCUT2D eigenvalue weighted by molar-refractivity contribution is 6.33. The highest BCUT2D eigenvalue weighted by Gasteiger charge is 2.49. The summed E-state index contributed by atoms with van der Waals surface area (Å²) in [6.07, 6.45) is -4.47. The van der Waals surface area contributed by atoms with Gasteiger partial charge >= 0.3 is 6.03 Å². The summed E-state index contributed by atoms with van der Waals surface area (Å²) in [5.74, 6) is -0.667. The number of nitrogens with one attached hydrogen (secondary N) is 1. The van der Waals surface area contributed by atoms with Crippen molar-refractivity contribution in [3.05, 3.63) is 0 Å². The molecule has 0 bridgehead atoms. The lowest BCUT2D eigenvalue weighted by Gasteiger charge is -2.40. The number of carbonyl (C=O) groups excluding carboxylic acids is 2. The van der Waals surface area contributed by atoms with Crippen molar-refractivity contribution in [3.63, 3.8) is 0 Å². The second kappa shape index (κ2) is 6.21. The first kappa shape index (κ1) is 15.4. The predicted molar refractivity (Wildman–Crippen MR) is 65.7 cm³/mol. The molecule has 0 spiro atoms. The average molecular weight is 311 g/mol. The Morgan fingerprint density at radius 3 is 2.85 bits per heavy atom. The van der Waals surface area contributed by atoms with E-state index in [0.717, 1.165) is 4.90 Å². The van der Waals surface area contributed by atoms with Crippen LogP contribution in [0.1, 0.15) is 13.3 Å². The average Bonchev–Trinajstić information content (AvgIpc) is 2.76. The Morgan fingerprint density at radius 2 is 2.30 bits per heavy atom. The molecular weight excluding hydrogens is 295 g/mol. The van der Waals surface area contributed by atoms with E-state index >= 15 is 0 Å². The Labute approximate surface area is 119 Å². The summed E-state index contributed by atoms with van der Waals surface area (Å²) in [6.45, 7) is 1.42. The smallest absolute Gasteiger partial charge is 0.328 e. The number of hydrogen-bond donors (Lipinski definition) is 2. The maximum Gasteiger partial charge on any atom is 0.328 e. The largest absolute Gasteiger partial charge is 0.394 e. The van der Waals surface area contributed by atoms with Crippen LogP contribution in [0.25, 0.3) is 0 Å². The monoisotopic (exact) mass is 310 g/mol. The molecule has 20 heavy (non-hydrogen) atoms. The van der Waals surface area contributed by atoms with Crippen LogP contribution in [0.15, 0.2) is 0 Å². The van der Waals surface area contributed by atoms with Gasteiger partial charge in [-0.05, 0) is 6.92 Å². The summed E-state index contributed by atoms with van der Waals surface area (Å²) in [4.78, 5) is 24.5. The number of ether oxygens (including phenoxy) is 2. The van der Waals surface area contributed by atoms with Crippen LogP contribution in [0.5, 0.6) is 0 Å². The van der Waals surface area contributed by atoms with E-state index in [1.165, 1.54) is 0 Å². The van der Waals surface area contributed by atoms with E-state index in [-0.39, 0.29) is 13.0 Å². The number of halogens is 2. The van der Waals surface area contributed by atoms with Gasteiger partial charge in [0.1, 0.15) is 18.5 Å². The first-order chi connectivity index (χ1) is 9.49. The lowest BCUT2D eigenvalue weighted by Crippen LogP contribution is -2.64. The lowest BCUT2D eigenvalue weighted by molar-refractivity contribution is -0.149. The number of urea groups is 1. The number of aliphatic hydroxyl groups is 1. The van der Waals surface area contributed by atoms with E-state index in [1.807, 2.05) is 0 Å². The topological polar surface area (TPSA) is 88.1 Å². The van der Waals surface area contributed by atoms with Gasteiger partial charge in [-0.2, -0.15) is 0 Å². The third-order valence-electron chi connectivity index (χ3n) is 3.23. The minimum absolute atomic E-state index is 0.111. The van der Waals surface area contributed by atoms with Gasteiger partial charge in [-0.15, -0.1) is 11.6 Å². The number of carbonyl (C=O) groups is 2. The summed E-state index contributed by atoms with van der Waals surface area (Å²) in [5, 5.41) is 9.94. The lowest BCUT2D eigenvalue weighted by atomic mass is 10.2. The number of nitrogens with zero attached hydrogens (tertiary/aromatic N) is 1. The van der Waals surface area contributed by atoms with Gasteiger partial charge in [0.25, 0.3) is 5.91 Å². The number of hydrogen-bond acceptors (Lipinski definition) is 5. The summed E-state index contributed by atoms with van der Waals surface area (Å²) in [6, 6.07) is -0.749. The molecule has 2 aliphatic heterocycles. The van der Waals surface area contributed by atoms with Crippen LogP contribution in [0.3, 0.4) is 0 Å². The molecule has 2 N–H and O–H groups in total. The summed E-state index contributed by atoms with van der Waals surface area (Å²) in [7, 11) is 0. The fourth-order valence-electron chi connectivity index (χ4n) is 2.28. The number of aliphatic hydroxyl groups excluding tert-OH is 1. The second-order valence-electron chi connectivity index (χ2n) is 4.51. The summed E-state index contributed by atoms with van der Waals surface area (Å²) in [5.41, 5.74) is 0. The van der Waals surface area contributed by atoms with Gasteiger partial charge in [0.2, 0.25) is 0 Å². The first-order valence-corrected chi connectivity index (χ1v) is 6.72. The fourth-order valence-corrected chi connectivity index (χ4v) is 2.53. The Morgan fingerprint density at radius 1 is 1.60 bits per heavy atom. The summed E-state index contributed by atoms with van der Waals surface area (Å²) >= 11 is 5.93. The Bertz CT molecular complexity index is 399. The van der Waals surface area contributed by atoms with E-state index < -0.39 is 48.7 Å². The van der Waals surface area contributed by atoms with Crippen LogP contribution in [-0.4, -0.2) is 65.3 Å². The third kappa shape index (κ3) is 2.73. The predicted octanol–water partition coefficient (Wildman–Crippen LogP) is -0.0464. The quantitative estimate of drug-likeness (QED) is 0.711. The molecule has 0 aromatic carbocycles. The van der Waals surface area contributed by atoms with Crippen molar-refractivity contribution in [2.24, 2.45) is 0 Å². The second-order valence-corrected chi connectivity index (χ2v) is 4.98. The molecule has 2 rings (SSSR count). The van der Waals surface area contributed by atoms with E-state index in [2.05, 4.69) is 5.32 Å². The van der Waals surface area contributed by atoms with Crippen molar-refractivity contribution >= 4 is 23.5 Å². The number of imide groups is 1. The molecule has 2 heterocycles. The number of alkyl halides is 2. The molecule has 114 valence electrons. The Hall–Kier alpha value is -0.960. The van der Waals surface area contributed by atoms with Crippen LogP contribution in [0.4, 0.5) is 9.18 Å². The van der Waals surface area contributed by atoms with Crippen LogP contribution >= 0.6 is 11.6 Å². The van der Waals surface area contributed by atoms with Crippen molar-refractivity contribution in [2.75, 3.05) is 13.2 Å². The highest BCUT2D eigenvalue weighted by Crippen LogP contribution is 2.30. The van der Waals surface area contributed by atoms with Gasteiger partial charge < -0.3 is 14.6 Å². The molecule has 3 amide bonds. The van der Waals surface area contributed by atoms with Crippen molar-refractivity contribution in [3.8, 4) is 0 Å². The van der Waals surface area contributed by atoms with Crippen molar-refractivity contribution < 1.29 is 28.6 Å². The van der Waals surface area contributed by atoms with Crippen molar-refractivity contribution in [2.45, 2.75) is 43.5 Å². The third-order valence-corrected chi connectivity index (χ3v) is 3.64. The number of rotatable bonds is 4. The van der Waals surface area contributed by atoms with E-state index in [1.54, 1.807) is 6.92 Å². The zero-order valence-corrected chi connectivity index (χ0v) is 11.5. The van der Waals surface area contributed by atoms with E-state index in [9.17, 15) is 14.0 Å². The van der Waals surface area contributed by atoms with Gasteiger partial charge in [-0.25, -0.2) is 9.18 Å². The fraction of sp³-hybridized carbons (Fsp3) is 0.818. The Balaban J connectivity index is 2.18. The molecule has 0 radical (unpaired) electrons. The number of amides is 3. The molecular formula is C11H16ClFN2O5. The molecule has 2 saturated heterocycles. The van der Waals surface area contributed by atoms with Gasteiger partial charge in [0.05, 0.1) is 6.61 Å². The van der Waals surface area contributed by atoms with Gasteiger partial charge in [-0.3, -0.25) is 15.0 Å².